The van der Waals surface area contributed by atoms with Crippen LogP contribution in [-0.2, 0) is 0 Å². The average Bonchev–Trinajstić information content (AvgIpc) is 2.53. The summed E-state index contributed by atoms with van der Waals surface area (Å²) < 4.78 is 18.8. The van der Waals surface area contributed by atoms with Crippen molar-refractivity contribution in [2.24, 2.45) is 0 Å². The van der Waals surface area contributed by atoms with E-state index in [1.54, 1.807) is 12.3 Å². The summed E-state index contributed by atoms with van der Waals surface area (Å²) >= 11 is 0. The van der Waals surface area contributed by atoms with E-state index in [-0.39, 0.29) is 17.5 Å². The highest BCUT2D eigenvalue weighted by Crippen LogP contribution is 2.29. The molecule has 3 rings (SSSR count). The zero-order chi connectivity index (χ0) is 14.8. The molecule has 1 atom stereocenters. The lowest BCUT2D eigenvalue weighted by Crippen LogP contribution is -1.98. The van der Waals surface area contributed by atoms with E-state index in [1.165, 1.54) is 13.2 Å². The summed E-state index contributed by atoms with van der Waals surface area (Å²) in [6.45, 7) is 2.07. The number of halogens is 1. The molecule has 0 bridgehead atoms. The third kappa shape index (κ3) is 2.59. The average molecular weight is 281 g/mol. The third-order valence-corrected chi connectivity index (χ3v) is 3.80. The van der Waals surface area contributed by atoms with Crippen LogP contribution < -0.4 is 4.74 Å². The minimum Gasteiger partial charge on any atom is -0.494 e. The van der Waals surface area contributed by atoms with Crippen LogP contribution in [0.4, 0.5) is 4.39 Å². The van der Waals surface area contributed by atoms with Gasteiger partial charge < -0.3 is 4.74 Å². The first-order chi connectivity index (χ1) is 10.2. The van der Waals surface area contributed by atoms with Crippen molar-refractivity contribution < 1.29 is 9.13 Å². The van der Waals surface area contributed by atoms with Gasteiger partial charge >= 0.3 is 0 Å². The first-order valence-electron chi connectivity index (χ1n) is 6.87. The van der Waals surface area contributed by atoms with E-state index in [2.05, 4.69) is 18.0 Å². The Balaban J connectivity index is 1.99. The number of benzene rings is 2. The van der Waals surface area contributed by atoms with Gasteiger partial charge in [-0.3, -0.25) is 4.98 Å². The molecule has 2 aromatic carbocycles. The van der Waals surface area contributed by atoms with Crippen LogP contribution >= 0.6 is 0 Å². The van der Waals surface area contributed by atoms with Gasteiger partial charge in [-0.2, -0.15) is 0 Å². The van der Waals surface area contributed by atoms with E-state index < -0.39 is 0 Å². The number of hydrogen-bond donors (Lipinski definition) is 0. The lowest BCUT2D eigenvalue weighted by atomic mass is 9.92. The summed E-state index contributed by atoms with van der Waals surface area (Å²) in [7, 11) is 1.47. The van der Waals surface area contributed by atoms with Gasteiger partial charge in [0.25, 0.3) is 0 Å². The summed E-state index contributed by atoms with van der Waals surface area (Å²) in [5.74, 6) is 0.0491. The summed E-state index contributed by atoms with van der Waals surface area (Å²) in [5, 5.41) is 1.09. The first kappa shape index (κ1) is 13.6. The molecule has 0 spiro atoms. The summed E-state index contributed by atoms with van der Waals surface area (Å²) in [6, 6.07) is 15.2. The Bertz CT molecular complexity index is 785. The maximum atomic E-state index is 13.8. The minimum atomic E-state index is -0.329. The first-order valence-corrected chi connectivity index (χ1v) is 6.87. The Morgan fingerprint density at radius 2 is 1.81 bits per heavy atom. The highest BCUT2D eigenvalue weighted by atomic mass is 19.1. The second-order valence-corrected chi connectivity index (χ2v) is 5.07. The van der Waals surface area contributed by atoms with Crippen LogP contribution in [0.5, 0.6) is 5.75 Å². The molecule has 0 aliphatic rings. The Morgan fingerprint density at radius 3 is 2.57 bits per heavy atom. The molecule has 0 radical (unpaired) electrons. The van der Waals surface area contributed by atoms with Gasteiger partial charge in [0.2, 0.25) is 0 Å². The molecule has 1 unspecified atom stereocenters. The number of ether oxygens (including phenoxy) is 1. The van der Waals surface area contributed by atoms with Crippen LogP contribution in [0.1, 0.15) is 24.0 Å². The Hall–Kier alpha value is -2.42. The van der Waals surface area contributed by atoms with Crippen LogP contribution in [0, 0.1) is 5.82 Å². The smallest absolute Gasteiger partial charge is 0.165 e. The molecule has 106 valence electrons. The van der Waals surface area contributed by atoms with Gasteiger partial charge in [-0.15, -0.1) is 0 Å². The molecule has 2 nitrogen and oxygen atoms in total. The third-order valence-electron chi connectivity index (χ3n) is 3.80. The van der Waals surface area contributed by atoms with Gasteiger partial charge in [0.1, 0.15) is 0 Å². The number of aromatic nitrogens is 1. The quantitative estimate of drug-likeness (QED) is 0.703. The lowest BCUT2D eigenvalue weighted by Gasteiger charge is -2.14. The second kappa shape index (κ2) is 5.52. The lowest BCUT2D eigenvalue weighted by molar-refractivity contribution is 0.386. The number of rotatable bonds is 3. The van der Waals surface area contributed by atoms with E-state index in [1.807, 2.05) is 30.3 Å². The van der Waals surface area contributed by atoms with E-state index in [0.29, 0.717) is 0 Å². The summed E-state index contributed by atoms with van der Waals surface area (Å²) in [4.78, 5) is 4.31. The highest BCUT2D eigenvalue weighted by Gasteiger charge is 2.12. The zero-order valence-corrected chi connectivity index (χ0v) is 12.0. The number of nitrogens with zero attached hydrogens (tertiary/aromatic N) is 1. The molecule has 3 aromatic rings. The maximum Gasteiger partial charge on any atom is 0.165 e. The van der Waals surface area contributed by atoms with Crippen LogP contribution in [0.2, 0.25) is 0 Å². The summed E-state index contributed by atoms with van der Waals surface area (Å²) in [6.07, 6.45) is 1.78. The van der Waals surface area contributed by atoms with Gasteiger partial charge in [0, 0.05) is 17.5 Å². The SMILES string of the molecule is COc1ccc(C(C)c2ccc3ncccc3c2)cc1F. The molecular weight excluding hydrogens is 265 g/mol. The molecule has 0 N–H and O–H groups in total. The van der Waals surface area contributed by atoms with Crippen LogP contribution in [0.3, 0.4) is 0 Å². The van der Waals surface area contributed by atoms with Crippen molar-refractivity contribution in [2.75, 3.05) is 7.11 Å². The molecule has 0 amide bonds. The fourth-order valence-corrected chi connectivity index (χ4v) is 2.51. The molecule has 21 heavy (non-hydrogen) atoms. The monoisotopic (exact) mass is 281 g/mol. The minimum absolute atomic E-state index is 0.106. The highest BCUT2D eigenvalue weighted by molar-refractivity contribution is 5.79. The normalized spacial score (nSPS) is 12.3. The Morgan fingerprint density at radius 1 is 1.05 bits per heavy atom. The molecular formula is C18H16FNO. The molecule has 0 saturated carbocycles. The molecule has 0 saturated heterocycles. The van der Waals surface area contributed by atoms with Gasteiger partial charge in [-0.05, 0) is 41.5 Å². The van der Waals surface area contributed by atoms with Crippen molar-refractivity contribution >= 4 is 10.9 Å². The molecule has 1 heterocycles. The van der Waals surface area contributed by atoms with Gasteiger partial charge in [0.15, 0.2) is 11.6 Å². The van der Waals surface area contributed by atoms with E-state index in [0.717, 1.165) is 22.0 Å². The molecule has 3 heteroatoms. The number of hydrogen-bond acceptors (Lipinski definition) is 2. The van der Waals surface area contributed by atoms with Crippen molar-refractivity contribution in [3.05, 3.63) is 71.7 Å². The molecule has 0 aliphatic carbocycles. The second-order valence-electron chi connectivity index (χ2n) is 5.07. The Kier molecular flexibility index (Phi) is 3.57. The molecule has 0 aliphatic heterocycles. The van der Waals surface area contributed by atoms with Gasteiger partial charge in [-0.25, -0.2) is 4.39 Å². The summed E-state index contributed by atoms with van der Waals surface area (Å²) in [5.41, 5.74) is 3.03. The topological polar surface area (TPSA) is 22.1 Å². The van der Waals surface area contributed by atoms with Crippen molar-refractivity contribution in [3.63, 3.8) is 0 Å². The largest absolute Gasteiger partial charge is 0.494 e. The Labute approximate surface area is 123 Å². The van der Waals surface area contributed by atoms with Crippen LogP contribution in [-0.4, -0.2) is 12.1 Å². The van der Waals surface area contributed by atoms with E-state index >= 15 is 0 Å². The van der Waals surface area contributed by atoms with E-state index in [4.69, 9.17) is 4.74 Å². The number of fused-ring (bicyclic) bond motifs is 1. The fourth-order valence-electron chi connectivity index (χ4n) is 2.51. The number of methoxy groups -OCH3 is 1. The maximum absolute atomic E-state index is 13.8. The molecule has 0 fully saturated rings. The van der Waals surface area contributed by atoms with Gasteiger partial charge in [0.05, 0.1) is 12.6 Å². The predicted molar refractivity (Wildman–Crippen MR) is 82.2 cm³/mol. The van der Waals surface area contributed by atoms with Crippen molar-refractivity contribution in [2.45, 2.75) is 12.8 Å². The van der Waals surface area contributed by atoms with Crippen molar-refractivity contribution in [1.82, 2.24) is 4.98 Å². The van der Waals surface area contributed by atoms with E-state index in [9.17, 15) is 4.39 Å². The predicted octanol–water partition coefficient (Wildman–Crippen LogP) is 4.53. The van der Waals surface area contributed by atoms with Crippen LogP contribution in [0.15, 0.2) is 54.7 Å². The standard InChI is InChI=1S/C18H16FNO/c1-12(14-6-8-18(21-2)16(19)11-14)13-5-7-17-15(10-13)4-3-9-20-17/h3-12H,1-2H3. The zero-order valence-electron chi connectivity index (χ0n) is 12.0. The van der Waals surface area contributed by atoms with Gasteiger partial charge in [-0.1, -0.05) is 25.1 Å². The van der Waals surface area contributed by atoms with Crippen LogP contribution in [0.25, 0.3) is 10.9 Å². The van der Waals surface area contributed by atoms with Crippen molar-refractivity contribution in [3.8, 4) is 5.75 Å². The number of pyridine rings is 1. The fraction of sp³-hybridized carbons (Fsp3) is 0.167. The molecule has 1 aromatic heterocycles. The van der Waals surface area contributed by atoms with Crippen molar-refractivity contribution in [1.29, 1.82) is 0 Å².